The normalized spacial score (nSPS) is 11.8. The Morgan fingerprint density at radius 2 is 1.95 bits per heavy atom. The molecule has 0 radical (unpaired) electrons. The van der Waals surface area contributed by atoms with Crippen molar-refractivity contribution in [1.82, 2.24) is 4.72 Å². The third-order valence-corrected chi connectivity index (χ3v) is 4.68. The number of rotatable bonds is 6. The van der Waals surface area contributed by atoms with Gasteiger partial charge in [0.25, 0.3) is 10.0 Å². The van der Waals surface area contributed by atoms with Crippen molar-refractivity contribution < 1.29 is 17.9 Å². The summed E-state index contributed by atoms with van der Waals surface area (Å²) in [6.45, 7) is -0.186. The lowest BCUT2D eigenvalue weighted by atomic mass is 10.1. The average Bonchev–Trinajstić information content (AvgIpc) is 2.91. The Labute approximate surface area is 132 Å². The summed E-state index contributed by atoms with van der Waals surface area (Å²) in [4.78, 5) is 0. The standard InChI is InChI=1S/C13H13Cl2NO4S/c14-10-2-1-9(12(15)7-10)5-6-16-21(18,19)13-4-3-11(8-17)20-13/h1-4,7,16-17H,5-6,8H2. The number of hydrogen-bond donors (Lipinski definition) is 2. The molecule has 21 heavy (non-hydrogen) atoms. The molecule has 5 nitrogen and oxygen atoms in total. The minimum absolute atomic E-state index is 0.166. The number of furan rings is 1. The highest BCUT2D eigenvalue weighted by Crippen LogP contribution is 2.21. The Morgan fingerprint density at radius 1 is 1.19 bits per heavy atom. The van der Waals surface area contributed by atoms with E-state index >= 15 is 0 Å². The van der Waals surface area contributed by atoms with Gasteiger partial charge in [0, 0.05) is 16.6 Å². The van der Waals surface area contributed by atoms with Crippen molar-refractivity contribution in [3.05, 3.63) is 51.7 Å². The second-order valence-electron chi connectivity index (χ2n) is 4.26. The molecule has 0 atom stereocenters. The van der Waals surface area contributed by atoms with Crippen LogP contribution in [0.1, 0.15) is 11.3 Å². The van der Waals surface area contributed by atoms with Gasteiger partial charge in [-0.3, -0.25) is 0 Å². The van der Waals surface area contributed by atoms with E-state index in [-0.39, 0.29) is 24.0 Å². The quantitative estimate of drug-likeness (QED) is 0.839. The number of aliphatic hydroxyl groups is 1. The maximum absolute atomic E-state index is 12.0. The fourth-order valence-corrected chi connectivity index (χ4v) is 3.18. The fraction of sp³-hybridized carbons (Fsp3) is 0.231. The van der Waals surface area contributed by atoms with Gasteiger partial charge >= 0.3 is 0 Å². The van der Waals surface area contributed by atoms with Crippen LogP contribution in [0.3, 0.4) is 0 Å². The first-order chi connectivity index (χ1) is 9.92. The van der Waals surface area contributed by atoms with Crippen molar-refractivity contribution in [2.45, 2.75) is 18.1 Å². The van der Waals surface area contributed by atoms with E-state index in [4.69, 9.17) is 32.7 Å². The number of hydrogen-bond acceptors (Lipinski definition) is 4. The van der Waals surface area contributed by atoms with Crippen LogP contribution in [-0.4, -0.2) is 20.1 Å². The first kappa shape index (κ1) is 16.3. The van der Waals surface area contributed by atoms with E-state index in [1.807, 2.05) is 0 Å². The van der Waals surface area contributed by atoms with Crippen LogP contribution in [0.15, 0.2) is 39.8 Å². The first-order valence-electron chi connectivity index (χ1n) is 6.05. The zero-order valence-electron chi connectivity index (χ0n) is 10.8. The molecule has 0 bridgehead atoms. The molecule has 8 heteroatoms. The second-order valence-corrected chi connectivity index (χ2v) is 6.80. The van der Waals surface area contributed by atoms with Gasteiger partial charge in [-0.05, 0) is 36.2 Å². The molecule has 1 aromatic carbocycles. The van der Waals surface area contributed by atoms with Gasteiger partial charge in [0.15, 0.2) is 0 Å². The maximum Gasteiger partial charge on any atom is 0.273 e. The predicted octanol–water partition coefficient (Wildman–Crippen LogP) is 2.60. The summed E-state index contributed by atoms with van der Waals surface area (Å²) in [5, 5.41) is 9.64. The highest BCUT2D eigenvalue weighted by molar-refractivity contribution is 7.89. The number of aliphatic hydroxyl groups excluding tert-OH is 1. The van der Waals surface area contributed by atoms with Gasteiger partial charge in [-0.2, -0.15) is 0 Å². The molecule has 2 aromatic rings. The van der Waals surface area contributed by atoms with Crippen LogP contribution in [0.5, 0.6) is 0 Å². The zero-order chi connectivity index (χ0) is 15.5. The Balaban J connectivity index is 1.99. The van der Waals surface area contributed by atoms with Crippen LogP contribution >= 0.6 is 23.2 Å². The number of benzene rings is 1. The molecule has 114 valence electrons. The third kappa shape index (κ3) is 4.21. The molecule has 1 aromatic heterocycles. The van der Waals surface area contributed by atoms with E-state index in [9.17, 15) is 8.42 Å². The van der Waals surface area contributed by atoms with Gasteiger partial charge in [-0.25, -0.2) is 13.1 Å². The Kier molecular flexibility index (Phi) is 5.29. The molecular formula is C13H13Cl2NO4S. The van der Waals surface area contributed by atoms with E-state index in [2.05, 4.69) is 4.72 Å². The molecule has 0 saturated heterocycles. The van der Waals surface area contributed by atoms with Gasteiger partial charge < -0.3 is 9.52 Å². The molecule has 2 rings (SSSR count). The largest absolute Gasteiger partial charge is 0.446 e. The van der Waals surface area contributed by atoms with E-state index in [1.54, 1.807) is 18.2 Å². The van der Waals surface area contributed by atoms with E-state index in [0.717, 1.165) is 5.56 Å². The summed E-state index contributed by atoms with van der Waals surface area (Å²) in [6.07, 6.45) is 0.419. The van der Waals surface area contributed by atoms with E-state index in [1.165, 1.54) is 12.1 Å². The summed E-state index contributed by atoms with van der Waals surface area (Å²) in [7, 11) is -3.74. The molecule has 0 unspecified atom stereocenters. The average molecular weight is 350 g/mol. The van der Waals surface area contributed by atoms with Crippen molar-refractivity contribution in [2.24, 2.45) is 0 Å². The minimum Gasteiger partial charge on any atom is -0.446 e. The first-order valence-corrected chi connectivity index (χ1v) is 8.29. The topological polar surface area (TPSA) is 79.5 Å². The molecule has 0 spiro atoms. The van der Waals surface area contributed by atoms with Gasteiger partial charge in [0.1, 0.15) is 12.4 Å². The Bertz CT molecular complexity index is 728. The van der Waals surface area contributed by atoms with E-state index < -0.39 is 10.0 Å². The molecule has 0 saturated carbocycles. The van der Waals surface area contributed by atoms with E-state index in [0.29, 0.717) is 16.5 Å². The minimum atomic E-state index is -3.74. The lowest BCUT2D eigenvalue weighted by molar-refractivity contribution is 0.236. The highest BCUT2D eigenvalue weighted by Gasteiger charge is 2.18. The van der Waals surface area contributed by atoms with Crippen molar-refractivity contribution in [3.8, 4) is 0 Å². The molecule has 0 aliphatic heterocycles. The van der Waals surface area contributed by atoms with Crippen LogP contribution in [0.25, 0.3) is 0 Å². The lowest BCUT2D eigenvalue weighted by Gasteiger charge is -2.06. The SMILES string of the molecule is O=S(=O)(NCCc1ccc(Cl)cc1Cl)c1ccc(CO)o1. The van der Waals surface area contributed by atoms with Gasteiger partial charge in [0.2, 0.25) is 5.09 Å². The van der Waals surface area contributed by atoms with Crippen LogP contribution in [0.4, 0.5) is 0 Å². The summed E-state index contributed by atoms with van der Waals surface area (Å²) >= 11 is 11.8. The number of sulfonamides is 1. The molecule has 2 N–H and O–H groups in total. The van der Waals surface area contributed by atoms with Crippen molar-refractivity contribution in [3.63, 3.8) is 0 Å². The summed E-state index contributed by atoms with van der Waals surface area (Å²) in [5.74, 6) is 0.191. The number of halogens is 2. The van der Waals surface area contributed by atoms with Crippen molar-refractivity contribution in [1.29, 1.82) is 0 Å². The van der Waals surface area contributed by atoms with Gasteiger partial charge in [-0.15, -0.1) is 0 Å². The zero-order valence-corrected chi connectivity index (χ0v) is 13.2. The summed E-state index contributed by atoms with van der Waals surface area (Å²) < 4.78 is 31.3. The van der Waals surface area contributed by atoms with Gasteiger partial charge in [0.05, 0.1) is 0 Å². The van der Waals surface area contributed by atoms with Crippen LogP contribution < -0.4 is 4.72 Å². The molecule has 1 heterocycles. The molecule has 0 aliphatic rings. The van der Waals surface area contributed by atoms with Crippen molar-refractivity contribution >= 4 is 33.2 Å². The fourth-order valence-electron chi connectivity index (χ4n) is 1.70. The summed E-state index contributed by atoms with van der Waals surface area (Å²) in [5.41, 5.74) is 0.791. The number of nitrogens with one attached hydrogen (secondary N) is 1. The molecular weight excluding hydrogens is 337 g/mol. The summed E-state index contributed by atoms with van der Waals surface area (Å²) in [6, 6.07) is 7.74. The van der Waals surface area contributed by atoms with Crippen LogP contribution in [0, 0.1) is 0 Å². The molecule has 0 fully saturated rings. The third-order valence-electron chi connectivity index (χ3n) is 2.76. The second kappa shape index (κ2) is 6.81. The molecule has 0 aliphatic carbocycles. The van der Waals surface area contributed by atoms with Crippen LogP contribution in [-0.2, 0) is 23.1 Å². The van der Waals surface area contributed by atoms with Crippen molar-refractivity contribution in [2.75, 3.05) is 6.54 Å². The van der Waals surface area contributed by atoms with Gasteiger partial charge in [-0.1, -0.05) is 29.3 Å². The molecule has 0 amide bonds. The Hall–Kier alpha value is -1.05. The smallest absolute Gasteiger partial charge is 0.273 e. The predicted molar refractivity (Wildman–Crippen MR) is 80.0 cm³/mol. The highest BCUT2D eigenvalue weighted by atomic mass is 35.5. The Morgan fingerprint density at radius 3 is 2.57 bits per heavy atom. The lowest BCUT2D eigenvalue weighted by Crippen LogP contribution is -2.25. The van der Waals surface area contributed by atoms with Crippen LogP contribution in [0.2, 0.25) is 10.0 Å². The monoisotopic (exact) mass is 349 g/mol. The maximum atomic E-state index is 12.0.